The van der Waals surface area contributed by atoms with E-state index in [0.29, 0.717) is 5.88 Å². The molecule has 1 aromatic heterocycles. The summed E-state index contributed by atoms with van der Waals surface area (Å²) in [5.74, 6) is 0.396. The van der Waals surface area contributed by atoms with Crippen molar-refractivity contribution in [3.05, 3.63) is 11.8 Å². The molecular weight excluding hydrogens is 182 g/mol. The van der Waals surface area contributed by atoms with Crippen LogP contribution in [-0.4, -0.2) is 30.2 Å². The molecule has 0 fully saturated rings. The number of urea groups is 1. The first-order valence-electron chi connectivity index (χ1n) is 4.57. The number of anilines is 1. The molecule has 1 aromatic rings. The number of carbonyl (C=O) groups is 1. The summed E-state index contributed by atoms with van der Waals surface area (Å²) in [6, 6.07) is 1.52. The summed E-state index contributed by atoms with van der Waals surface area (Å²) in [4.78, 5) is 12.6. The van der Waals surface area contributed by atoms with Gasteiger partial charge in [-0.05, 0) is 6.42 Å². The molecule has 1 heterocycles. The number of carbonyl (C=O) groups excluding carboxylic acids is 1. The van der Waals surface area contributed by atoms with E-state index < -0.39 is 0 Å². The number of nitrogens with one attached hydrogen (secondary N) is 1. The molecule has 0 spiro atoms. The Kier molecular flexibility index (Phi) is 3.50. The van der Waals surface area contributed by atoms with E-state index in [9.17, 15) is 4.79 Å². The lowest BCUT2D eigenvalue weighted by Gasteiger charge is -2.08. The van der Waals surface area contributed by atoms with Gasteiger partial charge >= 0.3 is 6.03 Å². The number of nitrogens with zero attached hydrogens (tertiary/aromatic N) is 2. The van der Waals surface area contributed by atoms with Crippen LogP contribution in [0.5, 0.6) is 0 Å². The minimum atomic E-state index is -0.218. The van der Waals surface area contributed by atoms with E-state index in [1.807, 2.05) is 0 Å². The maximum atomic E-state index is 11.2. The van der Waals surface area contributed by atoms with Crippen LogP contribution in [0.15, 0.2) is 10.6 Å². The Hall–Kier alpha value is -1.52. The average Bonchev–Trinajstić information content (AvgIpc) is 2.53. The summed E-state index contributed by atoms with van der Waals surface area (Å²) in [5.41, 5.74) is 0.863. The SMILES string of the molecule is CCCc1cc(NC(=O)N(C)C)on1. The van der Waals surface area contributed by atoms with E-state index >= 15 is 0 Å². The fourth-order valence-electron chi connectivity index (χ4n) is 0.962. The Labute approximate surface area is 83.1 Å². The molecule has 0 radical (unpaired) electrons. The first-order chi connectivity index (χ1) is 6.63. The molecule has 78 valence electrons. The number of hydrogen-bond donors (Lipinski definition) is 1. The van der Waals surface area contributed by atoms with Gasteiger partial charge in [0, 0.05) is 20.2 Å². The molecule has 0 aliphatic heterocycles. The van der Waals surface area contributed by atoms with Crippen molar-refractivity contribution in [1.82, 2.24) is 10.1 Å². The van der Waals surface area contributed by atoms with Gasteiger partial charge in [-0.2, -0.15) is 0 Å². The van der Waals surface area contributed by atoms with Gasteiger partial charge in [0.2, 0.25) is 5.88 Å². The van der Waals surface area contributed by atoms with Crippen molar-refractivity contribution in [1.29, 1.82) is 0 Å². The highest BCUT2D eigenvalue weighted by atomic mass is 16.5. The smallest absolute Gasteiger partial charge is 0.323 e. The molecule has 5 heteroatoms. The first kappa shape index (κ1) is 10.6. The normalized spacial score (nSPS) is 9.93. The molecule has 0 aromatic carbocycles. The van der Waals surface area contributed by atoms with Crippen molar-refractivity contribution in [3.63, 3.8) is 0 Å². The van der Waals surface area contributed by atoms with Crippen LogP contribution in [-0.2, 0) is 6.42 Å². The lowest BCUT2D eigenvalue weighted by molar-refractivity contribution is 0.229. The molecule has 0 saturated carbocycles. The molecule has 1 N–H and O–H groups in total. The predicted octanol–water partition coefficient (Wildman–Crippen LogP) is 1.72. The Balaban J connectivity index is 2.55. The minimum absolute atomic E-state index is 0.218. The molecule has 0 bridgehead atoms. The number of rotatable bonds is 3. The summed E-state index contributed by atoms with van der Waals surface area (Å²) < 4.78 is 4.93. The van der Waals surface area contributed by atoms with E-state index in [0.717, 1.165) is 18.5 Å². The first-order valence-corrected chi connectivity index (χ1v) is 4.57. The van der Waals surface area contributed by atoms with E-state index in [1.165, 1.54) is 4.90 Å². The van der Waals surface area contributed by atoms with Crippen LogP contribution in [0.4, 0.5) is 10.7 Å². The topological polar surface area (TPSA) is 58.4 Å². The van der Waals surface area contributed by atoms with Gasteiger partial charge in [0.25, 0.3) is 0 Å². The highest BCUT2D eigenvalue weighted by molar-refractivity contribution is 5.87. The quantitative estimate of drug-likeness (QED) is 0.802. The monoisotopic (exact) mass is 197 g/mol. The van der Waals surface area contributed by atoms with Crippen molar-refractivity contribution >= 4 is 11.9 Å². The molecule has 0 unspecified atom stereocenters. The average molecular weight is 197 g/mol. The highest BCUT2D eigenvalue weighted by Crippen LogP contribution is 2.11. The van der Waals surface area contributed by atoms with Gasteiger partial charge < -0.3 is 9.42 Å². The van der Waals surface area contributed by atoms with Crippen LogP contribution in [0.25, 0.3) is 0 Å². The van der Waals surface area contributed by atoms with E-state index in [-0.39, 0.29) is 6.03 Å². The van der Waals surface area contributed by atoms with Gasteiger partial charge in [0.1, 0.15) is 0 Å². The van der Waals surface area contributed by atoms with Crippen molar-refractivity contribution < 1.29 is 9.32 Å². The second-order valence-corrected chi connectivity index (χ2v) is 3.26. The standard InChI is InChI=1S/C9H15N3O2/c1-4-5-7-6-8(14-11-7)10-9(13)12(2)3/h6H,4-5H2,1-3H3,(H,10,13). The zero-order valence-electron chi connectivity index (χ0n) is 8.70. The van der Waals surface area contributed by atoms with Crippen LogP contribution < -0.4 is 5.32 Å². The molecule has 2 amide bonds. The van der Waals surface area contributed by atoms with Crippen molar-refractivity contribution in [2.45, 2.75) is 19.8 Å². The van der Waals surface area contributed by atoms with E-state index in [1.54, 1.807) is 20.2 Å². The summed E-state index contributed by atoms with van der Waals surface area (Å²) >= 11 is 0. The second-order valence-electron chi connectivity index (χ2n) is 3.26. The zero-order valence-corrected chi connectivity index (χ0v) is 8.70. The fraction of sp³-hybridized carbons (Fsp3) is 0.556. The predicted molar refractivity (Wildman–Crippen MR) is 53.2 cm³/mol. The molecule has 1 rings (SSSR count). The minimum Gasteiger partial charge on any atom is -0.338 e. The maximum absolute atomic E-state index is 11.2. The van der Waals surface area contributed by atoms with Crippen molar-refractivity contribution in [2.24, 2.45) is 0 Å². The Morgan fingerprint density at radius 3 is 2.93 bits per heavy atom. The maximum Gasteiger partial charge on any atom is 0.323 e. The number of aryl methyl sites for hydroxylation is 1. The van der Waals surface area contributed by atoms with Crippen LogP contribution >= 0.6 is 0 Å². The largest absolute Gasteiger partial charge is 0.338 e. The third-order valence-electron chi connectivity index (χ3n) is 1.70. The summed E-state index contributed by atoms with van der Waals surface area (Å²) in [6.07, 6.45) is 1.87. The van der Waals surface area contributed by atoms with Crippen molar-refractivity contribution in [3.8, 4) is 0 Å². The van der Waals surface area contributed by atoms with Gasteiger partial charge in [-0.15, -0.1) is 0 Å². The molecule has 5 nitrogen and oxygen atoms in total. The van der Waals surface area contributed by atoms with Crippen LogP contribution in [0.2, 0.25) is 0 Å². The third kappa shape index (κ3) is 2.76. The summed E-state index contributed by atoms with van der Waals surface area (Å²) in [5, 5.41) is 6.39. The van der Waals surface area contributed by atoms with Crippen molar-refractivity contribution in [2.75, 3.05) is 19.4 Å². The van der Waals surface area contributed by atoms with Gasteiger partial charge in [0.15, 0.2) is 0 Å². The van der Waals surface area contributed by atoms with E-state index in [4.69, 9.17) is 4.52 Å². The van der Waals surface area contributed by atoms with Gasteiger partial charge in [0.05, 0.1) is 5.69 Å². The lowest BCUT2D eigenvalue weighted by Crippen LogP contribution is -2.27. The molecule has 0 aliphatic carbocycles. The number of hydrogen-bond acceptors (Lipinski definition) is 3. The van der Waals surface area contributed by atoms with Gasteiger partial charge in [-0.3, -0.25) is 5.32 Å². The van der Waals surface area contributed by atoms with Gasteiger partial charge in [-0.25, -0.2) is 4.79 Å². The second kappa shape index (κ2) is 4.64. The summed E-state index contributed by atoms with van der Waals surface area (Å²) in [7, 11) is 3.33. The highest BCUT2D eigenvalue weighted by Gasteiger charge is 2.08. The number of aromatic nitrogens is 1. The Morgan fingerprint density at radius 2 is 2.36 bits per heavy atom. The van der Waals surface area contributed by atoms with Crippen LogP contribution in [0, 0.1) is 0 Å². The van der Waals surface area contributed by atoms with Crippen LogP contribution in [0.3, 0.4) is 0 Å². The fourth-order valence-corrected chi connectivity index (χ4v) is 0.962. The summed E-state index contributed by atoms with van der Waals surface area (Å²) in [6.45, 7) is 2.06. The lowest BCUT2D eigenvalue weighted by atomic mass is 10.2. The Morgan fingerprint density at radius 1 is 1.64 bits per heavy atom. The zero-order chi connectivity index (χ0) is 10.6. The molecule has 14 heavy (non-hydrogen) atoms. The van der Waals surface area contributed by atoms with E-state index in [2.05, 4.69) is 17.4 Å². The van der Waals surface area contributed by atoms with Gasteiger partial charge in [-0.1, -0.05) is 18.5 Å². The number of amides is 2. The molecular formula is C9H15N3O2. The Bertz CT molecular complexity index is 307. The molecule has 0 atom stereocenters. The third-order valence-corrected chi connectivity index (χ3v) is 1.70. The molecule has 0 saturated heterocycles. The molecule has 0 aliphatic rings. The van der Waals surface area contributed by atoms with Crippen LogP contribution in [0.1, 0.15) is 19.0 Å².